The normalized spacial score (nSPS) is 12.2. The molecule has 0 spiro atoms. The monoisotopic (exact) mass is 251 g/mol. The fraction of sp³-hybridized carbons (Fsp3) is 0.533. The lowest BCUT2D eigenvalue weighted by Gasteiger charge is -2.16. The number of carbonyl (C=O) groups is 1. The molecule has 1 N–H and O–H groups in total. The van der Waals surface area contributed by atoms with Crippen LogP contribution in [0.15, 0.2) is 18.2 Å². The zero-order valence-corrected chi connectivity index (χ0v) is 11.4. The SMILES string of the molecule is CCCC(CC)NC(=O)c1cc(CC)ccc1F. The Morgan fingerprint density at radius 2 is 2.06 bits per heavy atom. The van der Waals surface area contributed by atoms with Crippen LogP contribution in [-0.2, 0) is 6.42 Å². The highest BCUT2D eigenvalue weighted by Crippen LogP contribution is 2.12. The van der Waals surface area contributed by atoms with Crippen molar-refractivity contribution in [2.75, 3.05) is 0 Å². The van der Waals surface area contributed by atoms with Crippen molar-refractivity contribution in [2.45, 2.75) is 52.5 Å². The Bertz CT molecular complexity index is 403. The molecule has 18 heavy (non-hydrogen) atoms. The first-order chi connectivity index (χ1) is 8.62. The zero-order chi connectivity index (χ0) is 13.5. The molecule has 0 saturated carbocycles. The van der Waals surface area contributed by atoms with Crippen LogP contribution < -0.4 is 5.32 Å². The molecule has 1 atom stereocenters. The second kappa shape index (κ2) is 7.14. The first kappa shape index (κ1) is 14.7. The fourth-order valence-corrected chi connectivity index (χ4v) is 1.96. The summed E-state index contributed by atoms with van der Waals surface area (Å²) in [4.78, 5) is 12.0. The summed E-state index contributed by atoms with van der Waals surface area (Å²) in [7, 11) is 0. The first-order valence-electron chi connectivity index (χ1n) is 6.71. The van der Waals surface area contributed by atoms with Crippen LogP contribution in [0, 0.1) is 5.82 Å². The van der Waals surface area contributed by atoms with E-state index < -0.39 is 5.82 Å². The van der Waals surface area contributed by atoms with Gasteiger partial charge in [0.05, 0.1) is 5.56 Å². The minimum atomic E-state index is -0.448. The van der Waals surface area contributed by atoms with Crippen molar-refractivity contribution in [3.05, 3.63) is 35.1 Å². The summed E-state index contributed by atoms with van der Waals surface area (Å²) < 4.78 is 13.6. The van der Waals surface area contributed by atoms with E-state index in [0.29, 0.717) is 0 Å². The van der Waals surface area contributed by atoms with Crippen molar-refractivity contribution in [3.8, 4) is 0 Å². The molecule has 0 saturated heterocycles. The van der Waals surface area contributed by atoms with E-state index in [4.69, 9.17) is 0 Å². The largest absolute Gasteiger partial charge is 0.349 e. The average Bonchev–Trinajstić information content (AvgIpc) is 2.38. The van der Waals surface area contributed by atoms with Crippen molar-refractivity contribution in [3.63, 3.8) is 0 Å². The molecular weight excluding hydrogens is 229 g/mol. The maximum absolute atomic E-state index is 13.6. The van der Waals surface area contributed by atoms with Crippen LogP contribution in [0.5, 0.6) is 0 Å². The van der Waals surface area contributed by atoms with Crippen molar-refractivity contribution in [1.29, 1.82) is 0 Å². The molecule has 1 unspecified atom stereocenters. The third kappa shape index (κ3) is 3.83. The Morgan fingerprint density at radius 1 is 1.33 bits per heavy atom. The van der Waals surface area contributed by atoms with Crippen LogP contribution in [0.4, 0.5) is 4.39 Å². The van der Waals surface area contributed by atoms with Gasteiger partial charge < -0.3 is 5.32 Å². The van der Waals surface area contributed by atoms with Crippen LogP contribution in [0.1, 0.15) is 56.0 Å². The summed E-state index contributed by atoms with van der Waals surface area (Å²) in [6.45, 7) is 6.09. The van der Waals surface area contributed by atoms with Gasteiger partial charge in [-0.15, -0.1) is 0 Å². The number of nitrogens with one attached hydrogen (secondary N) is 1. The van der Waals surface area contributed by atoms with Gasteiger partial charge in [0.25, 0.3) is 5.91 Å². The van der Waals surface area contributed by atoms with Gasteiger partial charge in [0.15, 0.2) is 0 Å². The predicted octanol–water partition coefficient (Wildman–Crippen LogP) is 3.70. The third-order valence-electron chi connectivity index (χ3n) is 3.15. The highest BCUT2D eigenvalue weighted by atomic mass is 19.1. The topological polar surface area (TPSA) is 29.1 Å². The van der Waals surface area contributed by atoms with E-state index in [1.54, 1.807) is 12.1 Å². The molecular formula is C15H22FNO. The molecule has 1 aromatic carbocycles. The van der Waals surface area contributed by atoms with Crippen molar-refractivity contribution in [2.24, 2.45) is 0 Å². The molecule has 100 valence electrons. The minimum Gasteiger partial charge on any atom is -0.349 e. The molecule has 0 aliphatic rings. The molecule has 0 aliphatic carbocycles. The lowest BCUT2D eigenvalue weighted by Crippen LogP contribution is -2.34. The van der Waals surface area contributed by atoms with Gasteiger partial charge >= 0.3 is 0 Å². The Kier molecular flexibility index (Phi) is 5.83. The highest BCUT2D eigenvalue weighted by molar-refractivity contribution is 5.94. The third-order valence-corrected chi connectivity index (χ3v) is 3.15. The average molecular weight is 251 g/mol. The van der Waals surface area contributed by atoms with Gasteiger partial charge in [0.2, 0.25) is 0 Å². The van der Waals surface area contributed by atoms with E-state index in [1.165, 1.54) is 6.07 Å². The fourth-order valence-electron chi connectivity index (χ4n) is 1.96. The van der Waals surface area contributed by atoms with E-state index in [-0.39, 0.29) is 17.5 Å². The summed E-state index contributed by atoms with van der Waals surface area (Å²) in [5.41, 5.74) is 1.13. The summed E-state index contributed by atoms with van der Waals surface area (Å²) in [6, 6.07) is 4.86. The Labute approximate surface area is 109 Å². The van der Waals surface area contributed by atoms with E-state index in [1.807, 2.05) is 13.8 Å². The number of amides is 1. The molecule has 1 amide bonds. The van der Waals surface area contributed by atoms with E-state index in [9.17, 15) is 9.18 Å². The molecule has 3 heteroatoms. The van der Waals surface area contributed by atoms with Crippen LogP contribution in [-0.4, -0.2) is 11.9 Å². The van der Waals surface area contributed by atoms with Gasteiger partial charge in [-0.3, -0.25) is 4.79 Å². The van der Waals surface area contributed by atoms with Gasteiger partial charge in [-0.1, -0.05) is 33.3 Å². The number of carbonyl (C=O) groups excluding carboxylic acids is 1. The molecule has 0 fully saturated rings. The smallest absolute Gasteiger partial charge is 0.254 e. The molecule has 2 nitrogen and oxygen atoms in total. The minimum absolute atomic E-state index is 0.132. The van der Waals surface area contributed by atoms with E-state index in [0.717, 1.165) is 31.2 Å². The van der Waals surface area contributed by atoms with Gasteiger partial charge in [-0.05, 0) is 37.0 Å². The van der Waals surface area contributed by atoms with Gasteiger partial charge in [-0.2, -0.15) is 0 Å². The molecule has 0 aliphatic heterocycles. The number of halogens is 1. The van der Waals surface area contributed by atoms with E-state index >= 15 is 0 Å². The van der Waals surface area contributed by atoms with Crippen LogP contribution in [0.25, 0.3) is 0 Å². The molecule has 0 heterocycles. The van der Waals surface area contributed by atoms with Gasteiger partial charge in [0, 0.05) is 6.04 Å². The highest BCUT2D eigenvalue weighted by Gasteiger charge is 2.15. The van der Waals surface area contributed by atoms with Crippen molar-refractivity contribution in [1.82, 2.24) is 5.32 Å². The maximum atomic E-state index is 13.6. The number of hydrogen-bond donors (Lipinski definition) is 1. The predicted molar refractivity (Wildman–Crippen MR) is 72.2 cm³/mol. The molecule has 0 aromatic heterocycles. The molecule has 0 bridgehead atoms. The number of benzene rings is 1. The lowest BCUT2D eigenvalue weighted by atomic mass is 10.1. The second-order valence-corrected chi connectivity index (χ2v) is 4.54. The number of hydrogen-bond acceptors (Lipinski definition) is 1. The zero-order valence-electron chi connectivity index (χ0n) is 11.4. The summed E-state index contributed by atoms with van der Waals surface area (Å²) >= 11 is 0. The first-order valence-corrected chi connectivity index (χ1v) is 6.71. The summed E-state index contributed by atoms with van der Waals surface area (Å²) in [6.07, 6.45) is 3.61. The van der Waals surface area contributed by atoms with Crippen LogP contribution in [0.2, 0.25) is 0 Å². The standard InChI is InChI=1S/C15H22FNO/c1-4-7-12(6-3)17-15(18)13-10-11(5-2)8-9-14(13)16/h8-10,12H,4-7H2,1-3H3,(H,17,18). The van der Waals surface area contributed by atoms with Crippen LogP contribution >= 0.6 is 0 Å². The van der Waals surface area contributed by atoms with E-state index in [2.05, 4.69) is 12.2 Å². The lowest BCUT2D eigenvalue weighted by molar-refractivity contribution is 0.0929. The van der Waals surface area contributed by atoms with Crippen LogP contribution in [0.3, 0.4) is 0 Å². The second-order valence-electron chi connectivity index (χ2n) is 4.54. The van der Waals surface area contributed by atoms with Gasteiger partial charge in [-0.25, -0.2) is 4.39 Å². The van der Waals surface area contributed by atoms with Crippen molar-refractivity contribution < 1.29 is 9.18 Å². The van der Waals surface area contributed by atoms with Crippen molar-refractivity contribution >= 4 is 5.91 Å². The Balaban J connectivity index is 2.82. The quantitative estimate of drug-likeness (QED) is 0.820. The number of aryl methyl sites for hydroxylation is 1. The maximum Gasteiger partial charge on any atom is 0.254 e. The molecule has 1 aromatic rings. The Hall–Kier alpha value is -1.38. The van der Waals surface area contributed by atoms with Gasteiger partial charge in [0.1, 0.15) is 5.82 Å². The molecule has 1 rings (SSSR count). The summed E-state index contributed by atoms with van der Waals surface area (Å²) in [5, 5.41) is 2.90. The summed E-state index contributed by atoms with van der Waals surface area (Å²) in [5.74, 6) is -0.751. The number of rotatable bonds is 6. The Morgan fingerprint density at radius 3 is 2.61 bits per heavy atom. The molecule has 0 radical (unpaired) electrons.